The standard InChI is InChI=1S/C5H11N.2CH3NOS.Na.H/c1-2-4-6-5-3-1;2*2-1(3)4;;/h6H,1-5H2;2*(H3,2,3,4);;. The maximum atomic E-state index is 7.56. The van der Waals surface area contributed by atoms with Crippen molar-refractivity contribution in [2.45, 2.75) is 19.3 Å². The second-order valence-electron chi connectivity index (χ2n) is 2.49. The predicted octanol–water partition coefficient (Wildman–Crippen LogP) is -0.313. The van der Waals surface area contributed by atoms with Gasteiger partial charge in [-0.1, -0.05) is 6.42 Å². The number of nitrogens with two attached hydrogens (primary N) is 2. The van der Waals surface area contributed by atoms with Crippen molar-refractivity contribution < 1.29 is 10.2 Å². The summed E-state index contributed by atoms with van der Waals surface area (Å²) in [5.41, 5.74) is 8.80. The van der Waals surface area contributed by atoms with E-state index < -0.39 is 10.3 Å². The first-order valence-corrected chi connectivity index (χ1v) is 4.96. The van der Waals surface area contributed by atoms with E-state index in [0.29, 0.717) is 0 Å². The average Bonchev–Trinajstić information content (AvgIpc) is 2.05. The Kier molecular flexibility index (Phi) is 23.1. The molecule has 0 saturated carbocycles. The molecule has 0 bridgehead atoms. The molecule has 0 amide bonds. The number of nitrogens with one attached hydrogen (secondary N) is 1. The van der Waals surface area contributed by atoms with Gasteiger partial charge in [-0.05, 0) is 50.4 Å². The number of hydrogen-bond acceptors (Lipinski definition) is 3. The Labute approximate surface area is 123 Å². The molecule has 0 atom stereocenters. The zero-order chi connectivity index (χ0) is 11.4. The molecule has 1 aliphatic rings. The summed E-state index contributed by atoms with van der Waals surface area (Å²) in [4.78, 5) is 0. The first-order valence-electron chi connectivity index (χ1n) is 4.14. The molecular weight excluding hydrogens is 245 g/mol. The number of hydrogen-bond donors (Lipinski definition) is 5. The van der Waals surface area contributed by atoms with E-state index in [4.69, 9.17) is 10.2 Å². The molecule has 0 spiro atoms. The molecule has 1 fully saturated rings. The third kappa shape index (κ3) is 54.3. The number of aliphatic hydroxyl groups excluding tert-OH is 2. The molecule has 0 aromatic heterocycles. The molecule has 15 heavy (non-hydrogen) atoms. The molecule has 0 aromatic rings. The van der Waals surface area contributed by atoms with Gasteiger partial charge in [-0.15, -0.1) is 0 Å². The van der Waals surface area contributed by atoms with Crippen LogP contribution in [0.5, 0.6) is 0 Å². The van der Waals surface area contributed by atoms with Gasteiger partial charge in [0.05, 0.1) is 0 Å². The predicted molar refractivity (Wildman–Crippen MR) is 72.7 cm³/mol. The Balaban J connectivity index is -0.000000145. The van der Waals surface area contributed by atoms with Crippen LogP contribution in [0, 0.1) is 0 Å². The molecule has 1 rings (SSSR count). The van der Waals surface area contributed by atoms with Crippen molar-refractivity contribution in [1.29, 1.82) is 0 Å². The van der Waals surface area contributed by atoms with Crippen LogP contribution in [-0.4, -0.2) is 63.2 Å². The van der Waals surface area contributed by atoms with Crippen molar-refractivity contribution in [3.05, 3.63) is 0 Å². The average molecular weight is 263 g/mol. The third-order valence-corrected chi connectivity index (χ3v) is 1.21. The Morgan fingerprint density at radius 3 is 1.27 bits per heavy atom. The van der Waals surface area contributed by atoms with Gasteiger partial charge in [0.25, 0.3) is 10.3 Å². The molecule has 5 nitrogen and oxygen atoms in total. The van der Waals surface area contributed by atoms with E-state index in [0.717, 1.165) is 0 Å². The van der Waals surface area contributed by atoms with Gasteiger partial charge in [0.2, 0.25) is 0 Å². The van der Waals surface area contributed by atoms with Crippen LogP contribution in [0.4, 0.5) is 0 Å². The van der Waals surface area contributed by atoms with Gasteiger partial charge in [-0.3, -0.25) is 0 Å². The summed E-state index contributed by atoms with van der Waals surface area (Å²) in [6.07, 6.45) is 4.22. The minimum atomic E-state index is -0.500. The molecule has 7 N–H and O–H groups in total. The molecule has 0 radical (unpaired) electrons. The summed E-state index contributed by atoms with van der Waals surface area (Å²) in [6.45, 7) is 2.50. The molecule has 1 aliphatic heterocycles. The van der Waals surface area contributed by atoms with Crippen molar-refractivity contribution in [2.24, 2.45) is 11.5 Å². The van der Waals surface area contributed by atoms with Gasteiger partial charge in [0.15, 0.2) is 0 Å². The second-order valence-corrected chi connectivity index (χ2v) is 3.32. The maximum absolute atomic E-state index is 7.56. The SMILES string of the molecule is C1CCNCC1.NC(O)=S.NC(O)=S.[NaH]. The van der Waals surface area contributed by atoms with Gasteiger partial charge >= 0.3 is 29.6 Å². The monoisotopic (exact) mass is 263 g/mol. The van der Waals surface area contributed by atoms with Crippen LogP contribution < -0.4 is 16.8 Å². The number of aliphatic hydroxyl groups is 2. The summed E-state index contributed by atoms with van der Waals surface area (Å²) in [6, 6.07) is 0. The summed E-state index contributed by atoms with van der Waals surface area (Å²) < 4.78 is 0. The van der Waals surface area contributed by atoms with Crippen molar-refractivity contribution >= 4 is 64.3 Å². The van der Waals surface area contributed by atoms with E-state index in [2.05, 4.69) is 41.2 Å². The molecule has 0 aromatic carbocycles. The summed E-state index contributed by atoms with van der Waals surface area (Å²) in [5.74, 6) is 0. The van der Waals surface area contributed by atoms with Crippen molar-refractivity contribution in [3.63, 3.8) is 0 Å². The fourth-order valence-electron chi connectivity index (χ4n) is 0.802. The Morgan fingerprint density at radius 2 is 1.20 bits per heavy atom. The van der Waals surface area contributed by atoms with Gasteiger partial charge in [-0.2, -0.15) is 0 Å². The van der Waals surface area contributed by atoms with Crippen LogP contribution in [0.25, 0.3) is 0 Å². The molecule has 0 aliphatic carbocycles. The molecule has 8 heteroatoms. The zero-order valence-corrected chi connectivity index (χ0v) is 9.53. The van der Waals surface area contributed by atoms with Crippen LogP contribution in [0.3, 0.4) is 0 Å². The summed E-state index contributed by atoms with van der Waals surface area (Å²) in [7, 11) is 0. The van der Waals surface area contributed by atoms with E-state index in [9.17, 15) is 0 Å². The van der Waals surface area contributed by atoms with Gasteiger partial charge < -0.3 is 27.0 Å². The molecular formula is C7H18N3NaO2S2. The first-order chi connectivity index (χ1) is 6.46. The Morgan fingerprint density at radius 1 is 0.933 bits per heavy atom. The van der Waals surface area contributed by atoms with Gasteiger partial charge in [-0.25, -0.2) is 0 Å². The van der Waals surface area contributed by atoms with Crippen LogP contribution in [-0.2, 0) is 0 Å². The molecule has 0 unspecified atom stereocenters. The van der Waals surface area contributed by atoms with E-state index in [1.807, 2.05) is 0 Å². The number of piperidine rings is 1. The zero-order valence-electron chi connectivity index (χ0n) is 7.90. The molecule has 1 heterocycles. The van der Waals surface area contributed by atoms with E-state index in [1.165, 1.54) is 32.4 Å². The van der Waals surface area contributed by atoms with Crippen molar-refractivity contribution in [2.75, 3.05) is 13.1 Å². The number of rotatable bonds is 0. The van der Waals surface area contributed by atoms with Crippen molar-refractivity contribution in [3.8, 4) is 0 Å². The van der Waals surface area contributed by atoms with Crippen LogP contribution >= 0.6 is 24.4 Å². The Hall–Kier alpha value is 0.340. The second kappa shape index (κ2) is 16.8. The summed E-state index contributed by atoms with van der Waals surface area (Å²) >= 11 is 7.74. The first kappa shape index (κ1) is 20.7. The van der Waals surface area contributed by atoms with Crippen molar-refractivity contribution in [1.82, 2.24) is 5.32 Å². The van der Waals surface area contributed by atoms with E-state index >= 15 is 0 Å². The fraction of sp³-hybridized carbons (Fsp3) is 0.714. The van der Waals surface area contributed by atoms with Crippen LogP contribution in [0.15, 0.2) is 0 Å². The van der Waals surface area contributed by atoms with Gasteiger partial charge in [0, 0.05) is 0 Å². The summed E-state index contributed by atoms with van der Waals surface area (Å²) in [5, 5.41) is 17.4. The third-order valence-electron chi connectivity index (χ3n) is 1.21. The molecule has 86 valence electrons. The van der Waals surface area contributed by atoms with Gasteiger partial charge in [0.1, 0.15) is 0 Å². The fourth-order valence-corrected chi connectivity index (χ4v) is 0.802. The quantitative estimate of drug-likeness (QED) is 0.301. The minimum absolute atomic E-state index is 0. The Bertz CT molecular complexity index is 137. The normalized spacial score (nSPS) is 12.8. The number of thiocarbonyl (C=S) groups is 2. The van der Waals surface area contributed by atoms with Crippen LogP contribution in [0.2, 0.25) is 0 Å². The van der Waals surface area contributed by atoms with Crippen LogP contribution in [0.1, 0.15) is 19.3 Å². The topological polar surface area (TPSA) is 105 Å². The van der Waals surface area contributed by atoms with E-state index in [-0.39, 0.29) is 29.6 Å². The molecule has 1 saturated heterocycles. The van der Waals surface area contributed by atoms with E-state index in [1.54, 1.807) is 0 Å².